The summed E-state index contributed by atoms with van der Waals surface area (Å²) < 4.78 is 26.4. The van der Waals surface area contributed by atoms with E-state index in [1.807, 2.05) is 0 Å². The lowest BCUT2D eigenvalue weighted by molar-refractivity contribution is 0.200. The normalized spacial score (nSPS) is 13.4. The molecule has 2 N–H and O–H groups in total. The van der Waals surface area contributed by atoms with Gasteiger partial charge in [-0.3, -0.25) is 0 Å². The van der Waals surface area contributed by atoms with Crippen LogP contribution in [0.15, 0.2) is 12.1 Å². The van der Waals surface area contributed by atoms with Crippen LogP contribution in [0.5, 0.6) is 0 Å². The van der Waals surface area contributed by atoms with E-state index in [-0.39, 0.29) is 5.52 Å². The molecule has 4 heteroatoms. The number of benzene rings is 1. The lowest BCUT2D eigenvalue weighted by Gasteiger charge is -2.03. The van der Waals surface area contributed by atoms with Crippen LogP contribution in [-0.4, -0.2) is 10.1 Å². The van der Waals surface area contributed by atoms with E-state index >= 15 is 0 Å². The largest absolute Gasteiger partial charge is 0.389 e. The Morgan fingerprint density at radius 1 is 1.33 bits per heavy atom. The van der Waals surface area contributed by atoms with Gasteiger partial charge in [0.25, 0.3) is 0 Å². The molecule has 1 heterocycles. The molecule has 1 aromatic carbocycles. The van der Waals surface area contributed by atoms with Crippen molar-refractivity contribution >= 4 is 10.9 Å². The summed E-state index contributed by atoms with van der Waals surface area (Å²) in [5.41, 5.74) is 1.44. The first kappa shape index (κ1) is 10.1. The average molecular weight is 211 g/mol. The number of fused-ring (bicyclic) bond motifs is 1. The highest BCUT2D eigenvalue weighted by atomic mass is 19.1. The predicted octanol–water partition coefficient (Wildman–Crippen LogP) is 2.81. The second kappa shape index (κ2) is 3.31. The standard InChI is InChI=1S/C11H11F2NO/c1-5-10(6(2)15)8-3-7(12)4-9(13)11(8)14-5/h3-4,6,14-15H,1-2H3. The third-order valence-corrected chi connectivity index (χ3v) is 2.48. The zero-order valence-electron chi connectivity index (χ0n) is 8.44. The van der Waals surface area contributed by atoms with Crippen molar-refractivity contribution in [3.63, 3.8) is 0 Å². The minimum atomic E-state index is -0.750. The first-order chi connectivity index (χ1) is 7.00. The summed E-state index contributed by atoms with van der Waals surface area (Å²) in [7, 11) is 0. The van der Waals surface area contributed by atoms with E-state index in [1.165, 1.54) is 6.07 Å². The quantitative estimate of drug-likeness (QED) is 0.747. The maximum atomic E-state index is 13.4. The molecule has 15 heavy (non-hydrogen) atoms. The Morgan fingerprint density at radius 3 is 2.60 bits per heavy atom. The van der Waals surface area contributed by atoms with Gasteiger partial charge in [0, 0.05) is 22.7 Å². The monoisotopic (exact) mass is 211 g/mol. The highest BCUT2D eigenvalue weighted by molar-refractivity contribution is 5.85. The molecule has 0 spiro atoms. The van der Waals surface area contributed by atoms with Crippen LogP contribution in [0.4, 0.5) is 8.78 Å². The fourth-order valence-electron chi connectivity index (χ4n) is 1.91. The Hall–Kier alpha value is -1.42. The van der Waals surface area contributed by atoms with Crippen LogP contribution in [0.2, 0.25) is 0 Å². The summed E-state index contributed by atoms with van der Waals surface area (Å²) in [6.45, 7) is 3.29. The molecule has 2 nitrogen and oxygen atoms in total. The number of aryl methyl sites for hydroxylation is 1. The van der Waals surface area contributed by atoms with Crippen molar-refractivity contribution in [1.82, 2.24) is 4.98 Å². The first-order valence-electron chi connectivity index (χ1n) is 4.66. The SMILES string of the molecule is Cc1[nH]c2c(F)cc(F)cc2c1C(C)O. The third kappa shape index (κ3) is 1.51. The van der Waals surface area contributed by atoms with E-state index in [0.29, 0.717) is 16.6 Å². The predicted molar refractivity (Wildman–Crippen MR) is 53.6 cm³/mol. The molecule has 2 rings (SSSR count). The average Bonchev–Trinajstić information content (AvgIpc) is 2.41. The van der Waals surface area contributed by atoms with E-state index in [0.717, 1.165) is 6.07 Å². The number of aliphatic hydroxyl groups is 1. The summed E-state index contributed by atoms with van der Waals surface area (Å²) in [6, 6.07) is 2.05. The lowest BCUT2D eigenvalue weighted by Crippen LogP contribution is -1.92. The Bertz CT molecular complexity index is 517. The molecule has 0 aliphatic heterocycles. The van der Waals surface area contributed by atoms with Crippen LogP contribution in [0, 0.1) is 18.6 Å². The van der Waals surface area contributed by atoms with Gasteiger partial charge < -0.3 is 10.1 Å². The molecule has 0 saturated heterocycles. The van der Waals surface area contributed by atoms with Crippen LogP contribution in [0.25, 0.3) is 10.9 Å². The molecule has 1 aromatic heterocycles. The van der Waals surface area contributed by atoms with Gasteiger partial charge in [0.15, 0.2) is 0 Å². The van der Waals surface area contributed by atoms with Gasteiger partial charge in [-0.05, 0) is 19.9 Å². The molecule has 0 saturated carbocycles. The Kier molecular flexibility index (Phi) is 2.23. The maximum absolute atomic E-state index is 13.4. The zero-order valence-corrected chi connectivity index (χ0v) is 8.44. The molecule has 1 unspecified atom stereocenters. The topological polar surface area (TPSA) is 36.0 Å². The van der Waals surface area contributed by atoms with Crippen LogP contribution >= 0.6 is 0 Å². The smallest absolute Gasteiger partial charge is 0.150 e. The van der Waals surface area contributed by atoms with E-state index in [4.69, 9.17) is 0 Å². The van der Waals surface area contributed by atoms with Crippen molar-refractivity contribution in [2.24, 2.45) is 0 Å². The molecule has 2 aromatic rings. The van der Waals surface area contributed by atoms with Crippen LogP contribution < -0.4 is 0 Å². The van der Waals surface area contributed by atoms with Crippen LogP contribution in [0.1, 0.15) is 24.3 Å². The molecular formula is C11H11F2NO. The number of hydrogen-bond acceptors (Lipinski definition) is 1. The van der Waals surface area contributed by atoms with Gasteiger partial charge in [0.2, 0.25) is 0 Å². The summed E-state index contributed by atoms with van der Waals surface area (Å²) in [6.07, 6.45) is -0.750. The van der Waals surface area contributed by atoms with Gasteiger partial charge in [-0.25, -0.2) is 8.78 Å². The molecule has 0 amide bonds. The number of hydrogen-bond donors (Lipinski definition) is 2. The fourth-order valence-corrected chi connectivity index (χ4v) is 1.91. The summed E-state index contributed by atoms with van der Waals surface area (Å²) >= 11 is 0. The number of aromatic amines is 1. The lowest BCUT2D eigenvalue weighted by atomic mass is 10.1. The third-order valence-electron chi connectivity index (χ3n) is 2.48. The Labute approximate surface area is 85.5 Å². The number of aliphatic hydroxyl groups excluding tert-OH is 1. The minimum absolute atomic E-state index is 0.241. The second-order valence-electron chi connectivity index (χ2n) is 3.65. The summed E-state index contributed by atoms with van der Waals surface area (Å²) in [5.74, 6) is -1.28. The van der Waals surface area contributed by atoms with Crippen molar-refractivity contribution < 1.29 is 13.9 Å². The minimum Gasteiger partial charge on any atom is -0.389 e. The number of halogens is 2. The van der Waals surface area contributed by atoms with Gasteiger partial charge >= 0.3 is 0 Å². The molecule has 0 radical (unpaired) electrons. The maximum Gasteiger partial charge on any atom is 0.150 e. The molecule has 0 aliphatic carbocycles. The molecule has 1 atom stereocenters. The number of H-pyrrole nitrogens is 1. The van der Waals surface area contributed by atoms with E-state index in [9.17, 15) is 13.9 Å². The van der Waals surface area contributed by atoms with Gasteiger partial charge in [-0.1, -0.05) is 0 Å². The van der Waals surface area contributed by atoms with Crippen LogP contribution in [0.3, 0.4) is 0 Å². The number of rotatable bonds is 1. The van der Waals surface area contributed by atoms with Gasteiger partial charge in [-0.15, -0.1) is 0 Å². The Morgan fingerprint density at radius 2 is 2.00 bits per heavy atom. The van der Waals surface area contributed by atoms with Crippen molar-refractivity contribution in [2.45, 2.75) is 20.0 Å². The first-order valence-corrected chi connectivity index (χ1v) is 4.66. The Balaban J connectivity index is 2.86. The molecule has 80 valence electrons. The molecule has 0 fully saturated rings. The molecule has 0 bridgehead atoms. The highest BCUT2D eigenvalue weighted by Crippen LogP contribution is 2.29. The summed E-state index contributed by atoms with van der Waals surface area (Å²) in [4.78, 5) is 2.80. The van der Waals surface area contributed by atoms with E-state index in [1.54, 1.807) is 13.8 Å². The highest BCUT2D eigenvalue weighted by Gasteiger charge is 2.16. The number of aromatic nitrogens is 1. The van der Waals surface area contributed by atoms with Crippen LogP contribution in [-0.2, 0) is 0 Å². The fraction of sp³-hybridized carbons (Fsp3) is 0.273. The summed E-state index contributed by atoms with van der Waals surface area (Å²) in [5, 5.41) is 9.91. The van der Waals surface area contributed by atoms with E-state index in [2.05, 4.69) is 4.98 Å². The van der Waals surface area contributed by atoms with Gasteiger partial charge in [-0.2, -0.15) is 0 Å². The molecular weight excluding hydrogens is 200 g/mol. The van der Waals surface area contributed by atoms with Gasteiger partial charge in [0.05, 0.1) is 11.6 Å². The van der Waals surface area contributed by atoms with Gasteiger partial charge in [0.1, 0.15) is 11.6 Å². The van der Waals surface area contributed by atoms with Crippen molar-refractivity contribution in [3.8, 4) is 0 Å². The van der Waals surface area contributed by atoms with Crippen molar-refractivity contribution in [3.05, 3.63) is 35.0 Å². The number of nitrogens with one attached hydrogen (secondary N) is 1. The van der Waals surface area contributed by atoms with E-state index < -0.39 is 17.7 Å². The molecule has 0 aliphatic rings. The second-order valence-corrected chi connectivity index (χ2v) is 3.65. The zero-order chi connectivity index (χ0) is 11.2. The van der Waals surface area contributed by atoms with Crippen molar-refractivity contribution in [2.75, 3.05) is 0 Å². The van der Waals surface area contributed by atoms with Crippen molar-refractivity contribution in [1.29, 1.82) is 0 Å².